The van der Waals surface area contributed by atoms with Gasteiger partial charge in [-0.1, -0.05) is 18.7 Å². The minimum atomic E-state index is -0.0870. The second kappa shape index (κ2) is 8.85. The molecule has 0 fully saturated rings. The van der Waals surface area contributed by atoms with E-state index in [0.717, 1.165) is 28.8 Å². The van der Waals surface area contributed by atoms with Crippen molar-refractivity contribution in [3.63, 3.8) is 0 Å². The van der Waals surface area contributed by atoms with Crippen LogP contribution in [0.25, 0.3) is 0 Å². The Labute approximate surface area is 111 Å². The maximum Gasteiger partial charge on any atom is 0.170 e. The Bertz CT molecular complexity index is 301. The summed E-state index contributed by atoms with van der Waals surface area (Å²) in [5, 5.41) is 0. The number of hydrogen-bond donors (Lipinski definition) is 0. The van der Waals surface area contributed by atoms with Crippen LogP contribution in [0.4, 0.5) is 0 Å². The molecule has 0 N–H and O–H groups in total. The summed E-state index contributed by atoms with van der Waals surface area (Å²) in [6.07, 6.45) is 1.70. The van der Waals surface area contributed by atoms with Crippen LogP contribution in [0.3, 0.4) is 0 Å². The van der Waals surface area contributed by atoms with Gasteiger partial charge in [-0.15, -0.1) is 0 Å². The van der Waals surface area contributed by atoms with E-state index < -0.39 is 0 Å². The van der Waals surface area contributed by atoms with Crippen LogP contribution >= 0.6 is 23.3 Å². The molecule has 0 aliphatic heterocycles. The van der Waals surface area contributed by atoms with Crippen molar-refractivity contribution < 1.29 is 9.47 Å². The molecular formula is C11H20N2O2S2. The zero-order valence-corrected chi connectivity index (χ0v) is 12.3. The van der Waals surface area contributed by atoms with Crippen molar-refractivity contribution in [3.8, 4) is 0 Å². The first-order chi connectivity index (χ1) is 8.30. The minimum Gasteiger partial charge on any atom is -0.353 e. The molecule has 0 unspecified atom stereocenters. The summed E-state index contributed by atoms with van der Waals surface area (Å²) < 4.78 is 16.2. The van der Waals surface area contributed by atoms with E-state index in [9.17, 15) is 0 Å². The van der Waals surface area contributed by atoms with Gasteiger partial charge in [0.1, 0.15) is 5.82 Å². The number of hydrogen-bond acceptors (Lipinski definition) is 6. The normalized spacial score (nSPS) is 11.3. The lowest BCUT2D eigenvalue weighted by Gasteiger charge is -2.15. The van der Waals surface area contributed by atoms with Crippen LogP contribution in [0.15, 0.2) is 4.34 Å². The molecule has 1 heterocycles. The van der Waals surface area contributed by atoms with Gasteiger partial charge in [-0.2, -0.15) is 4.37 Å². The Morgan fingerprint density at radius 2 is 1.94 bits per heavy atom. The minimum absolute atomic E-state index is 0.0870. The monoisotopic (exact) mass is 276 g/mol. The van der Waals surface area contributed by atoms with Gasteiger partial charge >= 0.3 is 0 Å². The van der Waals surface area contributed by atoms with E-state index in [1.54, 1.807) is 11.8 Å². The second-order valence-corrected chi connectivity index (χ2v) is 5.40. The molecule has 0 spiro atoms. The SMILES string of the molecule is CCOC(CCSc1nc(CC)ns1)OCC. The summed E-state index contributed by atoms with van der Waals surface area (Å²) in [6, 6.07) is 0. The predicted octanol–water partition coefficient (Wildman–Crippen LogP) is 2.98. The highest BCUT2D eigenvalue weighted by Gasteiger charge is 2.09. The maximum absolute atomic E-state index is 5.48. The van der Waals surface area contributed by atoms with Crippen LogP contribution in [-0.4, -0.2) is 34.6 Å². The Morgan fingerprint density at radius 3 is 2.47 bits per heavy atom. The molecule has 0 aromatic carbocycles. The van der Waals surface area contributed by atoms with Gasteiger partial charge < -0.3 is 9.47 Å². The second-order valence-electron chi connectivity index (χ2n) is 3.31. The summed E-state index contributed by atoms with van der Waals surface area (Å²) >= 11 is 3.19. The third kappa shape index (κ3) is 5.81. The first-order valence-electron chi connectivity index (χ1n) is 5.98. The highest BCUT2D eigenvalue weighted by Crippen LogP contribution is 2.22. The average molecular weight is 276 g/mol. The fourth-order valence-electron chi connectivity index (χ4n) is 1.27. The van der Waals surface area contributed by atoms with Crippen LogP contribution in [0.2, 0.25) is 0 Å². The molecule has 17 heavy (non-hydrogen) atoms. The molecule has 1 aromatic heterocycles. The predicted molar refractivity (Wildman–Crippen MR) is 71.7 cm³/mol. The molecular weight excluding hydrogens is 256 g/mol. The van der Waals surface area contributed by atoms with E-state index in [0.29, 0.717) is 13.2 Å². The van der Waals surface area contributed by atoms with Crippen LogP contribution in [0.1, 0.15) is 33.0 Å². The van der Waals surface area contributed by atoms with Gasteiger partial charge in [-0.3, -0.25) is 0 Å². The zero-order chi connectivity index (χ0) is 12.5. The van der Waals surface area contributed by atoms with E-state index in [1.807, 2.05) is 13.8 Å². The third-order valence-corrected chi connectivity index (χ3v) is 3.95. The Morgan fingerprint density at radius 1 is 1.24 bits per heavy atom. The van der Waals surface area contributed by atoms with E-state index in [1.165, 1.54) is 11.5 Å². The molecule has 1 rings (SSSR count). The van der Waals surface area contributed by atoms with Crippen molar-refractivity contribution in [2.24, 2.45) is 0 Å². The van der Waals surface area contributed by atoms with E-state index >= 15 is 0 Å². The van der Waals surface area contributed by atoms with Gasteiger partial charge in [-0.25, -0.2) is 4.98 Å². The molecule has 98 valence electrons. The van der Waals surface area contributed by atoms with Crippen molar-refractivity contribution in [3.05, 3.63) is 5.82 Å². The van der Waals surface area contributed by atoms with E-state index in [-0.39, 0.29) is 6.29 Å². The summed E-state index contributed by atoms with van der Waals surface area (Å²) in [5.41, 5.74) is 0. The Balaban J connectivity index is 2.24. The highest BCUT2D eigenvalue weighted by molar-refractivity contribution is 8.00. The van der Waals surface area contributed by atoms with Gasteiger partial charge in [0.2, 0.25) is 0 Å². The zero-order valence-electron chi connectivity index (χ0n) is 10.6. The standard InChI is InChI=1S/C11H20N2O2S2/c1-4-9-12-11(17-13-9)16-8-7-10(14-5-2)15-6-3/h10H,4-8H2,1-3H3. The molecule has 4 nitrogen and oxygen atoms in total. The van der Waals surface area contributed by atoms with Gasteiger partial charge in [0, 0.05) is 31.8 Å². The molecule has 0 atom stereocenters. The Hall–Kier alpha value is -0.170. The van der Waals surface area contributed by atoms with Crippen molar-refractivity contribution in [1.29, 1.82) is 0 Å². The molecule has 0 saturated carbocycles. The molecule has 6 heteroatoms. The lowest BCUT2D eigenvalue weighted by molar-refractivity contribution is -0.136. The summed E-state index contributed by atoms with van der Waals surface area (Å²) in [5.74, 6) is 1.88. The third-order valence-electron chi connectivity index (χ3n) is 2.05. The van der Waals surface area contributed by atoms with Crippen LogP contribution in [0.5, 0.6) is 0 Å². The lowest BCUT2D eigenvalue weighted by atomic mass is 10.5. The summed E-state index contributed by atoms with van der Waals surface area (Å²) in [4.78, 5) is 4.41. The summed E-state index contributed by atoms with van der Waals surface area (Å²) in [7, 11) is 0. The first kappa shape index (κ1) is 14.9. The smallest absolute Gasteiger partial charge is 0.170 e. The number of aryl methyl sites for hydroxylation is 1. The van der Waals surface area contributed by atoms with Crippen molar-refractivity contribution in [2.45, 2.75) is 44.2 Å². The molecule has 0 aliphatic rings. The molecule has 0 aliphatic carbocycles. The average Bonchev–Trinajstić information content (AvgIpc) is 2.77. The van der Waals surface area contributed by atoms with Gasteiger partial charge in [0.15, 0.2) is 10.6 Å². The highest BCUT2D eigenvalue weighted by atomic mass is 32.2. The molecule has 1 aromatic rings. The van der Waals surface area contributed by atoms with Crippen LogP contribution < -0.4 is 0 Å². The van der Waals surface area contributed by atoms with Gasteiger partial charge in [0.25, 0.3) is 0 Å². The number of rotatable bonds is 9. The first-order valence-corrected chi connectivity index (χ1v) is 7.74. The fraction of sp³-hybridized carbons (Fsp3) is 0.818. The van der Waals surface area contributed by atoms with Gasteiger partial charge in [-0.05, 0) is 25.4 Å². The number of nitrogens with zero attached hydrogens (tertiary/aromatic N) is 2. The van der Waals surface area contributed by atoms with Crippen LogP contribution in [0, 0.1) is 0 Å². The summed E-state index contributed by atoms with van der Waals surface area (Å²) in [6.45, 7) is 7.41. The Kier molecular flexibility index (Phi) is 7.75. The number of ether oxygens (including phenoxy) is 2. The van der Waals surface area contributed by atoms with Crippen molar-refractivity contribution in [1.82, 2.24) is 9.36 Å². The molecule has 0 radical (unpaired) electrons. The van der Waals surface area contributed by atoms with Crippen molar-refractivity contribution >= 4 is 23.3 Å². The topological polar surface area (TPSA) is 44.2 Å². The number of aromatic nitrogens is 2. The maximum atomic E-state index is 5.48. The van der Waals surface area contributed by atoms with E-state index in [4.69, 9.17) is 9.47 Å². The molecule has 0 amide bonds. The van der Waals surface area contributed by atoms with Gasteiger partial charge in [0.05, 0.1) is 0 Å². The lowest BCUT2D eigenvalue weighted by Crippen LogP contribution is -2.18. The largest absolute Gasteiger partial charge is 0.353 e. The molecule has 0 bridgehead atoms. The quantitative estimate of drug-likeness (QED) is 0.512. The van der Waals surface area contributed by atoms with Crippen LogP contribution in [-0.2, 0) is 15.9 Å². The fourth-order valence-corrected chi connectivity index (χ4v) is 3.00. The van der Waals surface area contributed by atoms with E-state index in [2.05, 4.69) is 16.3 Å². The number of thioether (sulfide) groups is 1. The van der Waals surface area contributed by atoms with Crippen molar-refractivity contribution in [2.75, 3.05) is 19.0 Å². The molecule has 0 saturated heterocycles.